The van der Waals surface area contributed by atoms with Crippen molar-refractivity contribution >= 4 is 34.4 Å². The molecule has 0 bridgehead atoms. The average Bonchev–Trinajstić information content (AvgIpc) is 3.01. The second kappa shape index (κ2) is 7.39. The second-order valence-electron chi connectivity index (χ2n) is 5.12. The normalized spacial score (nSPS) is 10.7. The van der Waals surface area contributed by atoms with Gasteiger partial charge in [-0.25, -0.2) is 9.97 Å². The van der Waals surface area contributed by atoms with E-state index in [1.165, 1.54) is 18.1 Å². The zero-order chi connectivity index (χ0) is 17.8. The summed E-state index contributed by atoms with van der Waals surface area (Å²) in [5, 5.41) is 8.54. The molecule has 2 heterocycles. The molecule has 3 aromatic rings. The van der Waals surface area contributed by atoms with Crippen LogP contribution in [0, 0.1) is 0 Å². The summed E-state index contributed by atoms with van der Waals surface area (Å²) in [5.41, 5.74) is 1.34. The largest absolute Gasteiger partial charge is 0.497 e. The number of ether oxygens (including phenoxy) is 2. The fourth-order valence-electron chi connectivity index (χ4n) is 2.27. The standard InChI is InChI=1S/C16H17N5O3S/c1-21-15-13(7-19-21)16(18-9-17-15)25-8-14(22)20-10-4-11(23-2)6-12(5-10)24-3/h4-7,9H,8H2,1-3H3,(H,20,22). The lowest BCUT2D eigenvalue weighted by molar-refractivity contribution is -0.113. The molecule has 0 spiro atoms. The molecule has 0 radical (unpaired) electrons. The maximum absolute atomic E-state index is 12.2. The summed E-state index contributed by atoms with van der Waals surface area (Å²) in [6, 6.07) is 5.20. The van der Waals surface area contributed by atoms with Crippen LogP contribution in [0.4, 0.5) is 5.69 Å². The van der Waals surface area contributed by atoms with Crippen molar-refractivity contribution in [1.29, 1.82) is 0 Å². The number of carbonyl (C=O) groups is 1. The van der Waals surface area contributed by atoms with Gasteiger partial charge in [0.05, 0.1) is 31.6 Å². The number of methoxy groups -OCH3 is 2. The van der Waals surface area contributed by atoms with E-state index in [0.29, 0.717) is 17.2 Å². The molecule has 0 saturated heterocycles. The number of nitrogens with zero attached hydrogens (tertiary/aromatic N) is 4. The number of amides is 1. The number of aryl methyl sites for hydroxylation is 1. The Hall–Kier alpha value is -2.81. The highest BCUT2D eigenvalue weighted by Crippen LogP contribution is 2.27. The molecule has 0 unspecified atom stereocenters. The summed E-state index contributed by atoms with van der Waals surface area (Å²) < 4.78 is 12.1. The van der Waals surface area contributed by atoms with E-state index in [2.05, 4.69) is 20.4 Å². The van der Waals surface area contributed by atoms with Crippen LogP contribution in [-0.2, 0) is 11.8 Å². The fourth-order valence-corrected chi connectivity index (χ4v) is 3.03. The summed E-state index contributed by atoms with van der Waals surface area (Å²) in [7, 11) is 4.93. The summed E-state index contributed by atoms with van der Waals surface area (Å²) in [5.74, 6) is 1.27. The van der Waals surface area contributed by atoms with Crippen LogP contribution < -0.4 is 14.8 Å². The first kappa shape index (κ1) is 17.0. The van der Waals surface area contributed by atoms with Crippen molar-refractivity contribution in [3.05, 3.63) is 30.7 Å². The number of aromatic nitrogens is 4. The van der Waals surface area contributed by atoms with Crippen molar-refractivity contribution in [1.82, 2.24) is 19.7 Å². The molecule has 0 atom stereocenters. The van der Waals surface area contributed by atoms with Gasteiger partial charge in [0, 0.05) is 30.9 Å². The van der Waals surface area contributed by atoms with Crippen molar-refractivity contribution in [3.8, 4) is 11.5 Å². The van der Waals surface area contributed by atoms with E-state index in [1.807, 2.05) is 7.05 Å². The first-order valence-corrected chi connectivity index (χ1v) is 8.37. The zero-order valence-corrected chi connectivity index (χ0v) is 14.8. The highest BCUT2D eigenvalue weighted by molar-refractivity contribution is 8.00. The monoisotopic (exact) mass is 359 g/mol. The molecule has 1 aromatic carbocycles. The molecule has 0 aliphatic rings. The second-order valence-corrected chi connectivity index (χ2v) is 6.09. The van der Waals surface area contributed by atoms with Gasteiger partial charge in [-0.05, 0) is 0 Å². The Balaban J connectivity index is 1.68. The average molecular weight is 359 g/mol. The van der Waals surface area contributed by atoms with Crippen LogP contribution in [0.3, 0.4) is 0 Å². The van der Waals surface area contributed by atoms with E-state index in [4.69, 9.17) is 9.47 Å². The minimum absolute atomic E-state index is 0.157. The number of fused-ring (bicyclic) bond motifs is 1. The van der Waals surface area contributed by atoms with Gasteiger partial charge >= 0.3 is 0 Å². The van der Waals surface area contributed by atoms with Gasteiger partial charge in [-0.3, -0.25) is 9.48 Å². The van der Waals surface area contributed by atoms with Crippen molar-refractivity contribution in [2.75, 3.05) is 25.3 Å². The third kappa shape index (κ3) is 3.82. The van der Waals surface area contributed by atoms with Gasteiger partial charge in [-0.2, -0.15) is 5.10 Å². The van der Waals surface area contributed by atoms with Crippen LogP contribution in [0.1, 0.15) is 0 Å². The molecule has 1 N–H and O–H groups in total. The van der Waals surface area contributed by atoms with Crippen LogP contribution in [0.5, 0.6) is 11.5 Å². The van der Waals surface area contributed by atoms with Crippen LogP contribution >= 0.6 is 11.8 Å². The highest BCUT2D eigenvalue weighted by atomic mass is 32.2. The topological polar surface area (TPSA) is 91.2 Å². The van der Waals surface area contributed by atoms with E-state index in [-0.39, 0.29) is 11.7 Å². The van der Waals surface area contributed by atoms with Gasteiger partial charge in [0.25, 0.3) is 0 Å². The first-order chi connectivity index (χ1) is 12.1. The molecule has 0 aliphatic heterocycles. The van der Waals surface area contributed by atoms with Crippen LogP contribution in [0.15, 0.2) is 35.7 Å². The lowest BCUT2D eigenvalue weighted by Crippen LogP contribution is -2.14. The molecular weight excluding hydrogens is 342 g/mol. The molecule has 0 aliphatic carbocycles. The molecule has 1 amide bonds. The SMILES string of the molecule is COc1cc(NC(=O)CSc2ncnc3c2cnn3C)cc(OC)c1. The maximum Gasteiger partial charge on any atom is 0.234 e. The molecule has 3 rings (SSSR count). The number of rotatable bonds is 6. The van der Waals surface area contributed by atoms with Crippen molar-refractivity contribution in [2.45, 2.75) is 5.03 Å². The number of hydrogen-bond acceptors (Lipinski definition) is 7. The number of nitrogens with one attached hydrogen (secondary N) is 1. The van der Waals surface area contributed by atoms with Gasteiger partial charge in [-0.1, -0.05) is 11.8 Å². The van der Waals surface area contributed by atoms with Gasteiger partial charge in [0.15, 0.2) is 5.65 Å². The van der Waals surface area contributed by atoms with Gasteiger partial charge < -0.3 is 14.8 Å². The molecule has 8 nitrogen and oxygen atoms in total. The Morgan fingerprint density at radius 2 is 1.92 bits per heavy atom. The molecule has 0 saturated carbocycles. The van der Waals surface area contributed by atoms with Crippen molar-refractivity contribution in [3.63, 3.8) is 0 Å². The lowest BCUT2D eigenvalue weighted by atomic mass is 10.2. The van der Waals surface area contributed by atoms with Crippen LogP contribution in [0.2, 0.25) is 0 Å². The summed E-state index contributed by atoms with van der Waals surface area (Å²) in [6.07, 6.45) is 3.17. The summed E-state index contributed by atoms with van der Waals surface area (Å²) in [4.78, 5) is 20.7. The minimum Gasteiger partial charge on any atom is -0.497 e. The van der Waals surface area contributed by atoms with Crippen LogP contribution in [0.25, 0.3) is 11.0 Å². The lowest BCUT2D eigenvalue weighted by Gasteiger charge is -2.09. The number of thioether (sulfide) groups is 1. The number of carbonyl (C=O) groups excluding carboxylic acids is 1. The van der Waals surface area contributed by atoms with Gasteiger partial charge in [0.1, 0.15) is 22.9 Å². The molecule has 25 heavy (non-hydrogen) atoms. The minimum atomic E-state index is -0.157. The van der Waals surface area contributed by atoms with E-state index in [9.17, 15) is 4.79 Å². The highest BCUT2D eigenvalue weighted by Gasteiger charge is 2.11. The Morgan fingerprint density at radius 3 is 2.60 bits per heavy atom. The predicted molar refractivity (Wildman–Crippen MR) is 95.2 cm³/mol. The zero-order valence-electron chi connectivity index (χ0n) is 14.0. The Kier molecular flexibility index (Phi) is 5.03. The third-order valence-electron chi connectivity index (χ3n) is 3.47. The Labute approximate surface area is 148 Å². The maximum atomic E-state index is 12.2. The molecule has 9 heteroatoms. The Bertz CT molecular complexity index is 890. The first-order valence-electron chi connectivity index (χ1n) is 7.39. The fraction of sp³-hybridized carbons (Fsp3) is 0.250. The van der Waals surface area contributed by atoms with E-state index in [0.717, 1.165) is 16.1 Å². The van der Waals surface area contributed by atoms with Gasteiger partial charge in [-0.15, -0.1) is 0 Å². The molecule has 130 valence electrons. The van der Waals surface area contributed by atoms with E-state index < -0.39 is 0 Å². The number of anilines is 1. The van der Waals surface area contributed by atoms with Crippen molar-refractivity contribution < 1.29 is 14.3 Å². The van der Waals surface area contributed by atoms with Crippen molar-refractivity contribution in [2.24, 2.45) is 7.05 Å². The number of benzene rings is 1. The summed E-state index contributed by atoms with van der Waals surface area (Å²) >= 11 is 1.33. The molecule has 0 fully saturated rings. The third-order valence-corrected chi connectivity index (χ3v) is 4.47. The van der Waals surface area contributed by atoms with Gasteiger partial charge in [0.2, 0.25) is 5.91 Å². The number of hydrogen-bond donors (Lipinski definition) is 1. The van der Waals surface area contributed by atoms with E-state index >= 15 is 0 Å². The van der Waals surface area contributed by atoms with Crippen LogP contribution in [-0.4, -0.2) is 45.6 Å². The van der Waals surface area contributed by atoms with E-state index in [1.54, 1.807) is 43.3 Å². The quantitative estimate of drug-likeness (QED) is 0.532. The smallest absolute Gasteiger partial charge is 0.234 e. The Morgan fingerprint density at radius 1 is 1.20 bits per heavy atom. The molecule has 2 aromatic heterocycles. The molecular formula is C16H17N5O3S. The summed E-state index contributed by atoms with van der Waals surface area (Å²) in [6.45, 7) is 0. The predicted octanol–water partition coefficient (Wildman–Crippen LogP) is 2.11.